The first-order chi connectivity index (χ1) is 8.45. The van der Waals surface area contributed by atoms with Crippen LogP contribution >= 0.6 is 11.6 Å². The van der Waals surface area contributed by atoms with E-state index < -0.39 is 36.8 Å². The van der Waals surface area contributed by atoms with Crippen LogP contribution in [0.15, 0.2) is 18.2 Å². The fraction of sp³-hybridized carbons (Fsp3) is 0.273. The molecule has 1 aromatic rings. The van der Waals surface area contributed by atoms with Crippen molar-refractivity contribution in [1.29, 1.82) is 0 Å². The van der Waals surface area contributed by atoms with Gasteiger partial charge >= 0.3 is 5.97 Å². The minimum atomic E-state index is -1.41. The molecule has 1 aromatic carbocycles. The maximum atomic E-state index is 13.4. The van der Waals surface area contributed by atoms with Crippen molar-refractivity contribution >= 4 is 23.5 Å². The van der Waals surface area contributed by atoms with Gasteiger partial charge in [-0.05, 0) is 12.1 Å². The molecule has 0 radical (unpaired) electrons. The predicted molar refractivity (Wildman–Crippen MR) is 61.8 cm³/mol. The van der Waals surface area contributed by atoms with Crippen LogP contribution < -0.4 is 5.32 Å². The Morgan fingerprint density at radius 3 is 2.61 bits per heavy atom. The van der Waals surface area contributed by atoms with Crippen LogP contribution in [-0.2, 0) is 16.0 Å². The van der Waals surface area contributed by atoms with Crippen molar-refractivity contribution in [3.63, 3.8) is 0 Å². The number of aliphatic carboxylic acids is 1. The Balaban J connectivity index is 2.73. The number of carbonyl (C=O) groups is 2. The number of rotatable bonds is 5. The van der Waals surface area contributed by atoms with Crippen molar-refractivity contribution in [2.45, 2.75) is 12.5 Å². The quantitative estimate of drug-likeness (QED) is 0.734. The summed E-state index contributed by atoms with van der Waals surface area (Å²) < 4.78 is 13.4. The third-order valence-electron chi connectivity index (χ3n) is 2.21. The fourth-order valence-corrected chi connectivity index (χ4v) is 1.52. The molecular weight excluding hydrogens is 265 g/mol. The van der Waals surface area contributed by atoms with E-state index >= 15 is 0 Å². The number of aliphatic hydroxyl groups excluding tert-OH is 1. The smallest absolute Gasteiger partial charge is 0.328 e. The number of nitrogens with one attached hydrogen (secondary N) is 1. The Kier molecular flexibility index (Phi) is 5.06. The second-order valence-electron chi connectivity index (χ2n) is 3.52. The molecule has 7 heteroatoms. The Hall–Kier alpha value is -1.66. The Labute approximate surface area is 107 Å². The van der Waals surface area contributed by atoms with E-state index in [0.29, 0.717) is 0 Å². The summed E-state index contributed by atoms with van der Waals surface area (Å²) in [5.41, 5.74) is -0.0151. The van der Waals surface area contributed by atoms with Crippen LogP contribution in [0.3, 0.4) is 0 Å². The van der Waals surface area contributed by atoms with Crippen LogP contribution in [0.1, 0.15) is 5.56 Å². The average molecular weight is 276 g/mol. The van der Waals surface area contributed by atoms with Gasteiger partial charge in [0.15, 0.2) is 0 Å². The van der Waals surface area contributed by atoms with Crippen LogP contribution in [0, 0.1) is 5.82 Å². The van der Waals surface area contributed by atoms with Crippen LogP contribution in [0.4, 0.5) is 4.39 Å². The number of carboxylic acids is 1. The predicted octanol–water partition coefficient (Wildman–Crippen LogP) is 0.583. The molecule has 0 aliphatic carbocycles. The molecule has 18 heavy (non-hydrogen) atoms. The summed E-state index contributed by atoms with van der Waals surface area (Å²) in [5, 5.41) is 19.5. The highest BCUT2D eigenvalue weighted by Gasteiger charge is 2.20. The zero-order valence-electron chi connectivity index (χ0n) is 9.19. The lowest BCUT2D eigenvalue weighted by atomic mass is 10.1. The highest BCUT2D eigenvalue weighted by atomic mass is 35.5. The summed E-state index contributed by atoms with van der Waals surface area (Å²) in [5.74, 6) is -2.75. The lowest BCUT2D eigenvalue weighted by Crippen LogP contribution is -2.44. The molecule has 0 spiro atoms. The van der Waals surface area contributed by atoms with E-state index in [2.05, 4.69) is 5.32 Å². The summed E-state index contributed by atoms with van der Waals surface area (Å²) >= 11 is 5.72. The molecular formula is C11H11ClFNO4. The van der Waals surface area contributed by atoms with E-state index in [0.717, 1.165) is 6.07 Å². The second-order valence-corrected chi connectivity index (χ2v) is 3.93. The SMILES string of the molecule is O=C(Cc1c(F)cccc1Cl)NC(CO)C(=O)O. The van der Waals surface area contributed by atoms with Gasteiger partial charge in [0, 0.05) is 10.6 Å². The zero-order chi connectivity index (χ0) is 13.7. The highest BCUT2D eigenvalue weighted by molar-refractivity contribution is 6.31. The van der Waals surface area contributed by atoms with Gasteiger partial charge in [-0.25, -0.2) is 9.18 Å². The van der Waals surface area contributed by atoms with E-state index in [1.54, 1.807) is 0 Å². The summed E-state index contributed by atoms with van der Waals surface area (Å²) in [7, 11) is 0. The molecule has 1 atom stereocenters. The van der Waals surface area contributed by atoms with Gasteiger partial charge < -0.3 is 15.5 Å². The molecule has 0 fully saturated rings. The third-order valence-corrected chi connectivity index (χ3v) is 2.57. The van der Waals surface area contributed by atoms with E-state index in [-0.39, 0.29) is 10.6 Å². The van der Waals surface area contributed by atoms with Gasteiger partial charge in [0.2, 0.25) is 5.91 Å². The molecule has 0 aromatic heterocycles. The molecule has 0 aliphatic rings. The Morgan fingerprint density at radius 1 is 1.44 bits per heavy atom. The molecule has 5 nitrogen and oxygen atoms in total. The largest absolute Gasteiger partial charge is 0.480 e. The molecule has 1 amide bonds. The summed E-state index contributed by atoms with van der Waals surface area (Å²) in [4.78, 5) is 22.1. The van der Waals surface area contributed by atoms with Crippen LogP contribution in [0.2, 0.25) is 5.02 Å². The van der Waals surface area contributed by atoms with E-state index in [1.165, 1.54) is 12.1 Å². The number of hydrogen-bond donors (Lipinski definition) is 3. The number of carbonyl (C=O) groups excluding carboxylic acids is 1. The van der Waals surface area contributed by atoms with Crippen LogP contribution in [-0.4, -0.2) is 34.7 Å². The van der Waals surface area contributed by atoms with Gasteiger partial charge in [0.05, 0.1) is 13.0 Å². The van der Waals surface area contributed by atoms with Crippen molar-refractivity contribution in [3.8, 4) is 0 Å². The van der Waals surface area contributed by atoms with E-state index in [9.17, 15) is 14.0 Å². The summed E-state index contributed by atoms with van der Waals surface area (Å²) in [6.07, 6.45) is -0.394. The molecule has 1 rings (SSSR count). The lowest BCUT2D eigenvalue weighted by molar-refractivity contribution is -0.142. The highest BCUT2D eigenvalue weighted by Crippen LogP contribution is 2.19. The molecule has 0 saturated heterocycles. The van der Waals surface area contributed by atoms with Gasteiger partial charge in [-0.3, -0.25) is 4.79 Å². The number of carboxylic acid groups (broad SMARTS) is 1. The van der Waals surface area contributed by atoms with Crippen molar-refractivity contribution in [3.05, 3.63) is 34.6 Å². The summed E-state index contributed by atoms with van der Waals surface area (Å²) in [6, 6.07) is 2.55. The molecule has 0 aliphatic heterocycles. The molecule has 3 N–H and O–H groups in total. The minimum absolute atomic E-state index is 0.0151. The normalized spacial score (nSPS) is 11.9. The second kappa shape index (κ2) is 6.32. The van der Waals surface area contributed by atoms with Crippen LogP contribution in [0.25, 0.3) is 0 Å². The first kappa shape index (κ1) is 14.4. The molecule has 0 heterocycles. The number of halogens is 2. The molecule has 0 saturated carbocycles. The zero-order valence-corrected chi connectivity index (χ0v) is 9.95. The van der Waals surface area contributed by atoms with Crippen LogP contribution in [0.5, 0.6) is 0 Å². The van der Waals surface area contributed by atoms with E-state index in [4.69, 9.17) is 21.8 Å². The fourth-order valence-electron chi connectivity index (χ4n) is 1.29. The lowest BCUT2D eigenvalue weighted by Gasteiger charge is -2.12. The monoisotopic (exact) mass is 275 g/mol. The van der Waals surface area contributed by atoms with Crippen molar-refractivity contribution in [1.82, 2.24) is 5.32 Å². The van der Waals surface area contributed by atoms with Crippen molar-refractivity contribution in [2.24, 2.45) is 0 Å². The standard InChI is InChI=1S/C11H11ClFNO4/c12-7-2-1-3-8(13)6(7)4-10(16)14-9(5-15)11(17)18/h1-3,9,15H,4-5H2,(H,14,16)(H,17,18). The van der Waals surface area contributed by atoms with Crippen molar-refractivity contribution in [2.75, 3.05) is 6.61 Å². The van der Waals surface area contributed by atoms with Gasteiger partial charge in [-0.1, -0.05) is 17.7 Å². The number of hydrogen-bond acceptors (Lipinski definition) is 3. The van der Waals surface area contributed by atoms with Gasteiger partial charge in [0.25, 0.3) is 0 Å². The first-order valence-electron chi connectivity index (χ1n) is 5.01. The summed E-state index contributed by atoms with van der Waals surface area (Å²) in [6.45, 7) is -0.744. The number of benzene rings is 1. The van der Waals surface area contributed by atoms with Gasteiger partial charge in [-0.15, -0.1) is 0 Å². The Morgan fingerprint density at radius 2 is 2.11 bits per heavy atom. The molecule has 98 valence electrons. The molecule has 1 unspecified atom stereocenters. The number of aliphatic hydroxyl groups is 1. The maximum Gasteiger partial charge on any atom is 0.328 e. The van der Waals surface area contributed by atoms with E-state index in [1.807, 2.05) is 0 Å². The first-order valence-corrected chi connectivity index (χ1v) is 5.39. The van der Waals surface area contributed by atoms with Crippen molar-refractivity contribution < 1.29 is 24.2 Å². The third kappa shape index (κ3) is 3.68. The average Bonchev–Trinajstić information content (AvgIpc) is 2.30. The Bertz CT molecular complexity index is 446. The minimum Gasteiger partial charge on any atom is -0.480 e. The van der Waals surface area contributed by atoms with Gasteiger partial charge in [-0.2, -0.15) is 0 Å². The number of amides is 1. The van der Waals surface area contributed by atoms with Gasteiger partial charge in [0.1, 0.15) is 11.9 Å². The maximum absolute atomic E-state index is 13.4. The molecule has 0 bridgehead atoms. The topological polar surface area (TPSA) is 86.6 Å².